The zero-order valence-corrected chi connectivity index (χ0v) is 18.6. The Labute approximate surface area is 191 Å². The molecule has 3 rings (SSSR count). The number of hydrogen-bond donors (Lipinski definition) is 2. The van der Waals surface area contributed by atoms with Gasteiger partial charge in [-0.05, 0) is 60.2 Å². The van der Waals surface area contributed by atoms with Crippen molar-refractivity contribution in [2.75, 3.05) is 31.5 Å². The van der Waals surface area contributed by atoms with Gasteiger partial charge in [-0.2, -0.15) is 0 Å². The van der Waals surface area contributed by atoms with Gasteiger partial charge in [0.25, 0.3) is 5.91 Å². The lowest BCUT2D eigenvalue weighted by Gasteiger charge is -2.13. The van der Waals surface area contributed by atoms with Gasteiger partial charge in [-0.1, -0.05) is 29.3 Å². The fourth-order valence-corrected chi connectivity index (χ4v) is 3.06. The van der Waals surface area contributed by atoms with Crippen LogP contribution in [0.2, 0.25) is 10.0 Å². The molecule has 0 aromatic heterocycles. The second-order valence-corrected chi connectivity index (χ2v) is 7.35. The summed E-state index contributed by atoms with van der Waals surface area (Å²) >= 11 is 12.0. The van der Waals surface area contributed by atoms with Crippen LogP contribution < -0.4 is 24.8 Å². The highest BCUT2D eigenvalue weighted by Gasteiger charge is 2.10. The minimum absolute atomic E-state index is 0.150. The van der Waals surface area contributed by atoms with E-state index < -0.39 is 0 Å². The molecule has 2 N–H and O–H groups in total. The quantitative estimate of drug-likeness (QED) is 0.432. The van der Waals surface area contributed by atoms with Crippen LogP contribution in [0.1, 0.15) is 5.56 Å². The van der Waals surface area contributed by atoms with Gasteiger partial charge in [0.15, 0.2) is 18.1 Å². The Hall–Kier alpha value is -3.09. The first-order valence-electron chi connectivity index (χ1n) is 9.41. The Kier molecular flexibility index (Phi) is 7.87. The number of halogens is 2. The van der Waals surface area contributed by atoms with Crippen LogP contribution in [0.25, 0.3) is 0 Å². The molecule has 0 aliphatic carbocycles. The number of ether oxygens (including phenoxy) is 3. The van der Waals surface area contributed by atoms with E-state index in [1.165, 1.54) is 0 Å². The van der Waals surface area contributed by atoms with Crippen molar-refractivity contribution in [3.05, 3.63) is 76.3 Å². The second kappa shape index (κ2) is 10.8. The van der Waals surface area contributed by atoms with E-state index in [0.29, 0.717) is 39.5 Å². The Morgan fingerprint density at radius 3 is 2.26 bits per heavy atom. The lowest BCUT2D eigenvalue weighted by atomic mass is 10.2. The summed E-state index contributed by atoms with van der Waals surface area (Å²) in [6.45, 7) is 0.399. The van der Waals surface area contributed by atoms with Gasteiger partial charge in [-0.25, -0.2) is 0 Å². The second-order valence-electron chi connectivity index (χ2n) is 6.53. The predicted octanol–water partition coefficient (Wildman–Crippen LogP) is 5.64. The van der Waals surface area contributed by atoms with Crippen molar-refractivity contribution in [1.29, 1.82) is 0 Å². The summed E-state index contributed by atoms with van der Waals surface area (Å²) in [5.41, 5.74) is 2.48. The summed E-state index contributed by atoms with van der Waals surface area (Å²) in [7, 11) is 3.14. The first-order chi connectivity index (χ1) is 15.0. The lowest BCUT2D eigenvalue weighted by molar-refractivity contribution is -0.118. The summed E-state index contributed by atoms with van der Waals surface area (Å²) < 4.78 is 16.2. The number of rotatable bonds is 9. The van der Waals surface area contributed by atoms with Crippen molar-refractivity contribution in [2.24, 2.45) is 0 Å². The lowest BCUT2D eigenvalue weighted by Crippen LogP contribution is -2.20. The van der Waals surface area contributed by atoms with E-state index in [1.54, 1.807) is 56.7 Å². The molecule has 3 aromatic rings. The average molecular weight is 461 g/mol. The molecule has 0 atom stereocenters. The SMILES string of the molecule is COc1ccc(NC(=O)COc2ccc(CNc3ccc(Cl)c(Cl)c3)cc2OC)cc1. The highest BCUT2D eigenvalue weighted by atomic mass is 35.5. The van der Waals surface area contributed by atoms with E-state index >= 15 is 0 Å². The number of hydrogen-bond acceptors (Lipinski definition) is 5. The fourth-order valence-electron chi connectivity index (χ4n) is 2.77. The Balaban J connectivity index is 1.56. The van der Waals surface area contributed by atoms with Crippen LogP contribution in [0.5, 0.6) is 17.2 Å². The summed E-state index contributed by atoms with van der Waals surface area (Å²) in [6.07, 6.45) is 0. The summed E-state index contributed by atoms with van der Waals surface area (Å²) in [5.74, 6) is 1.45. The van der Waals surface area contributed by atoms with Gasteiger partial charge in [-0.15, -0.1) is 0 Å². The smallest absolute Gasteiger partial charge is 0.262 e. The number of carbonyl (C=O) groups excluding carboxylic acids is 1. The normalized spacial score (nSPS) is 10.3. The Morgan fingerprint density at radius 1 is 0.839 bits per heavy atom. The van der Waals surface area contributed by atoms with E-state index in [1.807, 2.05) is 18.2 Å². The molecule has 0 bridgehead atoms. The third-order valence-electron chi connectivity index (χ3n) is 4.38. The maximum absolute atomic E-state index is 12.2. The molecule has 0 spiro atoms. The third kappa shape index (κ3) is 6.44. The molecule has 0 aliphatic rings. The minimum atomic E-state index is -0.280. The monoisotopic (exact) mass is 460 g/mol. The minimum Gasteiger partial charge on any atom is -0.497 e. The summed E-state index contributed by atoms with van der Waals surface area (Å²) in [5, 5.41) is 7.03. The molecule has 31 heavy (non-hydrogen) atoms. The maximum atomic E-state index is 12.2. The van der Waals surface area contributed by atoms with Gasteiger partial charge in [0.05, 0.1) is 24.3 Å². The zero-order chi connectivity index (χ0) is 22.2. The van der Waals surface area contributed by atoms with E-state index in [2.05, 4.69) is 10.6 Å². The van der Waals surface area contributed by atoms with Gasteiger partial charge in [0.2, 0.25) is 0 Å². The highest BCUT2D eigenvalue weighted by molar-refractivity contribution is 6.42. The van der Waals surface area contributed by atoms with E-state index in [4.69, 9.17) is 37.4 Å². The van der Waals surface area contributed by atoms with Gasteiger partial charge < -0.3 is 24.8 Å². The van der Waals surface area contributed by atoms with Gasteiger partial charge in [0.1, 0.15) is 5.75 Å². The van der Waals surface area contributed by atoms with Crippen LogP contribution in [0.15, 0.2) is 60.7 Å². The molecule has 0 unspecified atom stereocenters. The molecule has 0 saturated heterocycles. The third-order valence-corrected chi connectivity index (χ3v) is 5.12. The molecule has 1 amide bonds. The van der Waals surface area contributed by atoms with Crippen molar-refractivity contribution in [3.63, 3.8) is 0 Å². The van der Waals surface area contributed by atoms with Crippen LogP contribution in [0.4, 0.5) is 11.4 Å². The van der Waals surface area contributed by atoms with Crippen LogP contribution in [0.3, 0.4) is 0 Å². The van der Waals surface area contributed by atoms with E-state index in [0.717, 1.165) is 11.3 Å². The Morgan fingerprint density at radius 2 is 1.58 bits per heavy atom. The molecule has 0 fully saturated rings. The van der Waals surface area contributed by atoms with Crippen molar-refractivity contribution in [1.82, 2.24) is 0 Å². The topological polar surface area (TPSA) is 68.8 Å². The zero-order valence-electron chi connectivity index (χ0n) is 17.1. The molecular weight excluding hydrogens is 439 g/mol. The fraction of sp³-hybridized carbons (Fsp3) is 0.174. The van der Waals surface area contributed by atoms with E-state index in [-0.39, 0.29) is 12.5 Å². The van der Waals surface area contributed by atoms with Crippen molar-refractivity contribution >= 4 is 40.5 Å². The molecule has 3 aromatic carbocycles. The molecule has 0 radical (unpaired) electrons. The highest BCUT2D eigenvalue weighted by Crippen LogP contribution is 2.29. The first-order valence-corrected chi connectivity index (χ1v) is 10.2. The van der Waals surface area contributed by atoms with Gasteiger partial charge in [-0.3, -0.25) is 4.79 Å². The standard InChI is InChI=1S/C23H22Cl2N2O4/c1-29-18-7-4-16(5-8-18)27-23(28)14-31-21-10-3-15(11-22(21)30-2)13-26-17-6-9-19(24)20(25)12-17/h3-12,26H,13-14H2,1-2H3,(H,27,28). The van der Waals surface area contributed by atoms with Crippen molar-refractivity contribution in [2.45, 2.75) is 6.54 Å². The van der Waals surface area contributed by atoms with Crippen LogP contribution >= 0.6 is 23.2 Å². The molecular formula is C23H22Cl2N2O4. The first kappa shape index (κ1) is 22.6. The maximum Gasteiger partial charge on any atom is 0.262 e. The predicted molar refractivity (Wildman–Crippen MR) is 124 cm³/mol. The number of anilines is 2. The summed E-state index contributed by atoms with van der Waals surface area (Å²) in [6, 6.07) is 17.9. The van der Waals surface area contributed by atoms with Crippen molar-refractivity contribution < 1.29 is 19.0 Å². The Bertz CT molecular complexity index is 1040. The molecule has 8 heteroatoms. The summed E-state index contributed by atoms with van der Waals surface area (Å²) in [4.78, 5) is 12.2. The molecule has 0 saturated carbocycles. The average Bonchev–Trinajstić information content (AvgIpc) is 2.79. The van der Waals surface area contributed by atoms with Gasteiger partial charge in [0, 0.05) is 17.9 Å². The molecule has 0 aliphatic heterocycles. The molecule has 162 valence electrons. The van der Waals surface area contributed by atoms with E-state index in [9.17, 15) is 4.79 Å². The molecule has 6 nitrogen and oxygen atoms in total. The largest absolute Gasteiger partial charge is 0.497 e. The van der Waals surface area contributed by atoms with Crippen LogP contribution in [0, 0.1) is 0 Å². The number of carbonyl (C=O) groups is 1. The number of benzene rings is 3. The number of amides is 1. The van der Waals surface area contributed by atoms with Crippen molar-refractivity contribution in [3.8, 4) is 17.2 Å². The van der Waals surface area contributed by atoms with Crippen LogP contribution in [-0.2, 0) is 11.3 Å². The number of nitrogens with one attached hydrogen (secondary N) is 2. The van der Waals surface area contributed by atoms with Gasteiger partial charge >= 0.3 is 0 Å². The number of methoxy groups -OCH3 is 2. The molecule has 0 heterocycles. The van der Waals surface area contributed by atoms with Crippen LogP contribution in [-0.4, -0.2) is 26.7 Å².